The summed E-state index contributed by atoms with van der Waals surface area (Å²) in [6.45, 7) is 8.95. The lowest BCUT2D eigenvalue weighted by molar-refractivity contribution is -0.130. The highest BCUT2D eigenvalue weighted by molar-refractivity contribution is 5.79. The van der Waals surface area contributed by atoms with Crippen LogP contribution in [0.5, 0.6) is 5.75 Å². The Balaban J connectivity index is 1.61. The number of likely N-dealkylation sites (tertiary alicyclic amines) is 1. The molecule has 1 saturated heterocycles. The van der Waals surface area contributed by atoms with Crippen molar-refractivity contribution in [2.24, 2.45) is 0 Å². The van der Waals surface area contributed by atoms with Gasteiger partial charge in [0.1, 0.15) is 5.75 Å². The first kappa shape index (κ1) is 19.3. The van der Waals surface area contributed by atoms with Crippen molar-refractivity contribution in [1.29, 1.82) is 0 Å². The van der Waals surface area contributed by atoms with Crippen molar-refractivity contribution >= 4 is 11.8 Å². The van der Waals surface area contributed by atoms with Crippen LogP contribution in [0.25, 0.3) is 0 Å². The van der Waals surface area contributed by atoms with Crippen LogP contribution in [0.15, 0.2) is 24.3 Å². The molecular weight excluding hydrogens is 316 g/mol. The van der Waals surface area contributed by atoms with E-state index in [1.54, 1.807) is 0 Å². The van der Waals surface area contributed by atoms with Crippen molar-refractivity contribution < 1.29 is 14.3 Å². The zero-order valence-electron chi connectivity index (χ0n) is 15.6. The first-order valence-electron chi connectivity index (χ1n) is 9.14. The third-order valence-electron chi connectivity index (χ3n) is 4.44. The van der Waals surface area contributed by atoms with Gasteiger partial charge in [-0.05, 0) is 36.0 Å². The normalized spacial score (nSPS) is 14.4. The zero-order valence-corrected chi connectivity index (χ0v) is 15.6. The van der Waals surface area contributed by atoms with Gasteiger partial charge in [0.2, 0.25) is 11.8 Å². The fourth-order valence-electron chi connectivity index (χ4n) is 2.83. The molecule has 0 aromatic heterocycles. The molecule has 1 aliphatic rings. The molecule has 5 heteroatoms. The molecule has 0 bridgehead atoms. The highest BCUT2D eigenvalue weighted by Crippen LogP contribution is 2.24. The Kier molecular flexibility index (Phi) is 6.85. The van der Waals surface area contributed by atoms with Crippen LogP contribution in [0.3, 0.4) is 0 Å². The van der Waals surface area contributed by atoms with E-state index in [1.165, 1.54) is 5.56 Å². The van der Waals surface area contributed by atoms with Crippen LogP contribution < -0.4 is 10.1 Å². The van der Waals surface area contributed by atoms with Crippen LogP contribution in [0, 0.1) is 0 Å². The summed E-state index contributed by atoms with van der Waals surface area (Å²) >= 11 is 0. The highest BCUT2D eigenvalue weighted by atomic mass is 16.5. The third kappa shape index (κ3) is 6.40. The summed E-state index contributed by atoms with van der Waals surface area (Å²) in [5.74, 6) is 0.818. The highest BCUT2D eigenvalue weighted by Gasteiger charge is 2.17. The molecule has 1 aromatic rings. The van der Waals surface area contributed by atoms with Gasteiger partial charge in [0, 0.05) is 26.1 Å². The molecule has 0 aliphatic carbocycles. The van der Waals surface area contributed by atoms with Crippen LogP contribution >= 0.6 is 0 Å². The van der Waals surface area contributed by atoms with Gasteiger partial charge in [-0.3, -0.25) is 9.59 Å². The summed E-state index contributed by atoms with van der Waals surface area (Å²) < 4.78 is 5.62. The molecule has 1 fully saturated rings. The number of nitrogens with one attached hydrogen (secondary N) is 1. The van der Waals surface area contributed by atoms with Gasteiger partial charge in [0.25, 0.3) is 0 Å². The van der Waals surface area contributed by atoms with E-state index in [9.17, 15) is 9.59 Å². The molecule has 1 aliphatic heterocycles. The quantitative estimate of drug-likeness (QED) is 0.826. The molecule has 1 aromatic carbocycles. The lowest BCUT2D eigenvalue weighted by Crippen LogP contribution is -2.33. The van der Waals surface area contributed by atoms with Crippen LogP contribution in [0.1, 0.15) is 52.0 Å². The lowest BCUT2D eigenvalue weighted by Gasteiger charge is -2.19. The summed E-state index contributed by atoms with van der Waals surface area (Å²) in [6, 6.07) is 7.99. The van der Waals surface area contributed by atoms with E-state index in [0.29, 0.717) is 26.0 Å². The molecule has 1 N–H and O–H groups in total. The van der Waals surface area contributed by atoms with Crippen LogP contribution in [0.2, 0.25) is 0 Å². The van der Waals surface area contributed by atoms with Crippen molar-refractivity contribution in [3.8, 4) is 5.75 Å². The molecule has 0 atom stereocenters. The van der Waals surface area contributed by atoms with E-state index in [4.69, 9.17) is 4.74 Å². The van der Waals surface area contributed by atoms with E-state index in [1.807, 2.05) is 17.0 Å². The largest absolute Gasteiger partial charge is 0.493 e. The Bertz CT molecular complexity index is 570. The van der Waals surface area contributed by atoms with Gasteiger partial charge in [-0.25, -0.2) is 0 Å². The molecule has 138 valence electrons. The molecule has 0 saturated carbocycles. The maximum atomic E-state index is 11.9. The topological polar surface area (TPSA) is 58.6 Å². The Morgan fingerprint density at radius 3 is 2.32 bits per heavy atom. The first-order chi connectivity index (χ1) is 11.9. The maximum Gasteiger partial charge on any atom is 0.224 e. The fourth-order valence-corrected chi connectivity index (χ4v) is 2.83. The van der Waals surface area contributed by atoms with E-state index >= 15 is 0 Å². The van der Waals surface area contributed by atoms with Gasteiger partial charge in [0.05, 0.1) is 13.0 Å². The SMILES string of the molecule is CC(C)(C)c1ccc(OCCC(=O)NCCC(=O)N2CCCC2)cc1. The Morgan fingerprint density at radius 1 is 1.08 bits per heavy atom. The van der Waals surface area contributed by atoms with Crippen molar-refractivity contribution in [3.63, 3.8) is 0 Å². The molecule has 5 nitrogen and oxygen atoms in total. The first-order valence-corrected chi connectivity index (χ1v) is 9.14. The minimum atomic E-state index is -0.0828. The van der Waals surface area contributed by atoms with Gasteiger partial charge in [0.15, 0.2) is 0 Å². The fraction of sp³-hybridized carbons (Fsp3) is 0.600. The molecule has 25 heavy (non-hydrogen) atoms. The second kappa shape index (κ2) is 8.88. The summed E-state index contributed by atoms with van der Waals surface area (Å²) in [5, 5.41) is 2.79. The number of benzene rings is 1. The van der Waals surface area contributed by atoms with Gasteiger partial charge >= 0.3 is 0 Å². The second-order valence-electron chi connectivity index (χ2n) is 7.56. The second-order valence-corrected chi connectivity index (χ2v) is 7.56. The molecule has 1 heterocycles. The summed E-state index contributed by atoms with van der Waals surface area (Å²) in [5.41, 5.74) is 1.37. The van der Waals surface area contributed by atoms with E-state index in [2.05, 4.69) is 38.2 Å². The number of carbonyl (C=O) groups is 2. The predicted molar refractivity (Wildman–Crippen MR) is 98.7 cm³/mol. The number of carbonyl (C=O) groups excluding carboxylic acids is 2. The Hall–Kier alpha value is -2.04. The van der Waals surface area contributed by atoms with Crippen LogP contribution in [0.4, 0.5) is 0 Å². The molecule has 0 unspecified atom stereocenters. The number of hydrogen-bond donors (Lipinski definition) is 1. The Morgan fingerprint density at radius 2 is 1.72 bits per heavy atom. The van der Waals surface area contributed by atoms with E-state index in [-0.39, 0.29) is 17.2 Å². The predicted octanol–water partition coefficient (Wildman–Crippen LogP) is 2.88. The average Bonchev–Trinajstić information content (AvgIpc) is 3.09. The van der Waals surface area contributed by atoms with E-state index in [0.717, 1.165) is 31.7 Å². The van der Waals surface area contributed by atoms with E-state index < -0.39 is 0 Å². The number of amides is 2. The molecular formula is C20H30N2O3. The number of nitrogens with zero attached hydrogens (tertiary/aromatic N) is 1. The van der Waals surface area contributed by atoms with Crippen molar-refractivity contribution in [2.45, 2.75) is 51.9 Å². The minimum absolute atomic E-state index is 0.0828. The van der Waals surface area contributed by atoms with Crippen LogP contribution in [-0.4, -0.2) is 43.0 Å². The molecule has 0 spiro atoms. The molecule has 2 amide bonds. The smallest absolute Gasteiger partial charge is 0.224 e. The van der Waals surface area contributed by atoms with Crippen molar-refractivity contribution in [3.05, 3.63) is 29.8 Å². The number of ether oxygens (including phenoxy) is 1. The number of rotatable bonds is 7. The summed E-state index contributed by atoms with van der Waals surface area (Å²) in [4.78, 5) is 25.6. The van der Waals surface area contributed by atoms with Crippen molar-refractivity contribution in [2.75, 3.05) is 26.2 Å². The lowest BCUT2D eigenvalue weighted by atomic mass is 9.87. The monoisotopic (exact) mass is 346 g/mol. The van der Waals surface area contributed by atoms with Crippen molar-refractivity contribution in [1.82, 2.24) is 10.2 Å². The average molecular weight is 346 g/mol. The maximum absolute atomic E-state index is 11.9. The van der Waals surface area contributed by atoms with Gasteiger partial charge in [-0.1, -0.05) is 32.9 Å². The minimum Gasteiger partial charge on any atom is -0.493 e. The summed E-state index contributed by atoms with van der Waals surface area (Å²) in [6.07, 6.45) is 2.85. The third-order valence-corrected chi connectivity index (χ3v) is 4.44. The summed E-state index contributed by atoms with van der Waals surface area (Å²) in [7, 11) is 0. The Labute approximate surface area is 150 Å². The number of hydrogen-bond acceptors (Lipinski definition) is 3. The zero-order chi connectivity index (χ0) is 18.3. The van der Waals surface area contributed by atoms with Gasteiger partial charge < -0.3 is 15.0 Å². The van der Waals surface area contributed by atoms with Gasteiger partial charge in [-0.2, -0.15) is 0 Å². The van der Waals surface area contributed by atoms with Gasteiger partial charge in [-0.15, -0.1) is 0 Å². The van der Waals surface area contributed by atoms with Crippen LogP contribution in [-0.2, 0) is 15.0 Å². The standard InChI is InChI=1S/C20H30N2O3/c1-20(2,3)16-6-8-17(9-7-16)25-15-11-18(23)21-12-10-19(24)22-13-4-5-14-22/h6-9H,4-5,10-15H2,1-3H3,(H,21,23). The molecule has 2 rings (SSSR count). The molecule has 0 radical (unpaired) electrons.